The van der Waals surface area contributed by atoms with Gasteiger partial charge in [-0.05, 0) is 80.7 Å². The Morgan fingerprint density at radius 2 is 0.940 bits per heavy atom. The normalized spacial score (nSPS) is 11.6. The van der Waals surface area contributed by atoms with Gasteiger partial charge in [-0.15, -0.1) is 0 Å². The van der Waals surface area contributed by atoms with Gasteiger partial charge in [-0.3, -0.25) is 0 Å². The van der Waals surface area contributed by atoms with Crippen LogP contribution in [0.5, 0.6) is 0 Å². The minimum absolute atomic E-state index is 1.11. The molecule has 0 amide bonds. The highest BCUT2D eigenvalue weighted by atomic mass is 15.1. The molecule has 0 aliphatic rings. The lowest BCUT2D eigenvalue weighted by Crippen LogP contribution is -2.10. The van der Waals surface area contributed by atoms with Gasteiger partial charge in [0, 0.05) is 39.3 Å². The smallest absolute Gasteiger partial charge is 0.0547 e. The first-order valence-corrected chi connectivity index (χ1v) is 17.2. The molecule has 10 aromatic rings. The third-order valence-corrected chi connectivity index (χ3v) is 10.1. The van der Waals surface area contributed by atoms with Gasteiger partial charge in [-0.2, -0.15) is 0 Å². The van der Waals surface area contributed by atoms with E-state index in [1.807, 2.05) is 0 Å². The van der Waals surface area contributed by atoms with Crippen molar-refractivity contribution >= 4 is 65.8 Å². The maximum Gasteiger partial charge on any atom is 0.0547 e. The van der Waals surface area contributed by atoms with Crippen molar-refractivity contribution in [2.45, 2.75) is 0 Å². The summed E-state index contributed by atoms with van der Waals surface area (Å²) in [4.78, 5) is 2.43. The first kappa shape index (κ1) is 28.4. The topological polar surface area (TPSA) is 7.65 Å². The Kier molecular flexibility index (Phi) is 6.53. The number of aromatic nitrogens is 1. The zero-order valence-corrected chi connectivity index (χ0v) is 27.4. The van der Waals surface area contributed by atoms with Crippen LogP contribution in [0.1, 0.15) is 0 Å². The molecule has 0 aliphatic carbocycles. The lowest BCUT2D eigenvalue weighted by molar-refractivity contribution is 1.27. The molecule has 0 aliphatic heterocycles. The van der Waals surface area contributed by atoms with Gasteiger partial charge in [0.25, 0.3) is 0 Å². The Hall–Kier alpha value is -6.64. The highest BCUT2D eigenvalue weighted by Gasteiger charge is 2.19. The number of fused-ring (bicyclic) bond motifs is 7. The van der Waals surface area contributed by atoms with Gasteiger partial charge in [0.2, 0.25) is 0 Å². The molecule has 0 unspecified atom stereocenters. The SMILES string of the molecule is c1ccc(-c2ccc(N(c3ccc4cc5c(-c6ccccc6)c6ccccc6n5cc4c3)c3cc4ccccc4c4ccccc34)cc2)cc1. The second-order valence-electron chi connectivity index (χ2n) is 13.0. The van der Waals surface area contributed by atoms with Crippen LogP contribution in [-0.2, 0) is 0 Å². The summed E-state index contributed by atoms with van der Waals surface area (Å²) in [6, 6.07) is 68.2. The number of rotatable bonds is 5. The minimum Gasteiger partial charge on any atom is -0.315 e. The van der Waals surface area contributed by atoms with Crippen LogP contribution >= 0.6 is 0 Å². The molecule has 8 aromatic carbocycles. The summed E-state index contributed by atoms with van der Waals surface area (Å²) in [5, 5.41) is 8.62. The third-order valence-electron chi connectivity index (χ3n) is 10.1. The van der Waals surface area contributed by atoms with E-state index in [1.165, 1.54) is 71.0 Å². The number of anilines is 3. The lowest BCUT2D eigenvalue weighted by atomic mass is 9.98. The van der Waals surface area contributed by atoms with Gasteiger partial charge in [-0.1, -0.05) is 146 Å². The van der Waals surface area contributed by atoms with Crippen LogP contribution in [0.2, 0.25) is 0 Å². The average Bonchev–Trinajstić information content (AvgIpc) is 3.51. The fraction of sp³-hybridized carbons (Fsp3) is 0. The fourth-order valence-corrected chi connectivity index (χ4v) is 7.78. The second kappa shape index (κ2) is 11.5. The largest absolute Gasteiger partial charge is 0.315 e. The monoisotopic (exact) mass is 636 g/mol. The zero-order chi connectivity index (χ0) is 33.0. The molecule has 50 heavy (non-hydrogen) atoms. The Labute approximate surface area is 290 Å². The predicted octanol–water partition coefficient (Wildman–Crippen LogP) is 13.4. The van der Waals surface area contributed by atoms with Gasteiger partial charge in [-0.25, -0.2) is 0 Å². The predicted molar refractivity (Wildman–Crippen MR) is 213 cm³/mol. The van der Waals surface area contributed by atoms with Gasteiger partial charge in [0.1, 0.15) is 0 Å². The van der Waals surface area contributed by atoms with Crippen molar-refractivity contribution < 1.29 is 0 Å². The summed E-state index contributed by atoms with van der Waals surface area (Å²) in [6.45, 7) is 0. The van der Waals surface area contributed by atoms with Crippen LogP contribution in [0.15, 0.2) is 194 Å². The van der Waals surface area contributed by atoms with Crippen molar-refractivity contribution in [1.29, 1.82) is 0 Å². The molecule has 2 heterocycles. The molecule has 0 bridgehead atoms. The van der Waals surface area contributed by atoms with Crippen LogP contribution in [0.4, 0.5) is 17.1 Å². The van der Waals surface area contributed by atoms with E-state index >= 15 is 0 Å². The molecular weight excluding hydrogens is 605 g/mol. The molecule has 2 nitrogen and oxygen atoms in total. The number of para-hydroxylation sites is 1. The van der Waals surface area contributed by atoms with Crippen LogP contribution in [0.3, 0.4) is 0 Å². The summed E-state index contributed by atoms with van der Waals surface area (Å²) in [6.07, 6.45) is 2.32. The fourth-order valence-electron chi connectivity index (χ4n) is 7.78. The first-order chi connectivity index (χ1) is 24.8. The Balaban J connectivity index is 1.21. The van der Waals surface area contributed by atoms with E-state index in [1.54, 1.807) is 0 Å². The third kappa shape index (κ3) is 4.57. The maximum absolute atomic E-state index is 2.43. The molecule has 10 rings (SSSR count). The molecule has 0 N–H and O–H groups in total. The van der Waals surface area contributed by atoms with Crippen molar-refractivity contribution in [2.75, 3.05) is 4.90 Å². The van der Waals surface area contributed by atoms with E-state index in [0.717, 1.165) is 17.1 Å². The molecule has 234 valence electrons. The summed E-state index contributed by atoms with van der Waals surface area (Å²) >= 11 is 0. The molecule has 0 spiro atoms. The number of pyridine rings is 1. The molecular formula is C48H32N2. The first-order valence-electron chi connectivity index (χ1n) is 17.2. The molecule has 0 radical (unpaired) electrons. The maximum atomic E-state index is 2.43. The van der Waals surface area contributed by atoms with Gasteiger partial charge >= 0.3 is 0 Å². The minimum atomic E-state index is 1.11. The van der Waals surface area contributed by atoms with Crippen LogP contribution in [-0.4, -0.2) is 4.40 Å². The van der Waals surface area contributed by atoms with E-state index < -0.39 is 0 Å². The zero-order valence-electron chi connectivity index (χ0n) is 27.4. The van der Waals surface area contributed by atoms with E-state index in [0.29, 0.717) is 0 Å². The van der Waals surface area contributed by atoms with Crippen LogP contribution < -0.4 is 4.90 Å². The highest BCUT2D eigenvalue weighted by Crippen LogP contribution is 2.44. The van der Waals surface area contributed by atoms with Gasteiger partial charge in [0.05, 0.1) is 16.7 Å². The van der Waals surface area contributed by atoms with E-state index in [2.05, 4.69) is 204 Å². The standard InChI is InChI=1S/C48H32N2/c1-3-13-33(14-4-1)34-23-26-39(27-24-34)50(46-31-37-17-7-8-18-41(37)42-19-9-10-20-43(42)46)40-28-25-36-30-47-48(35-15-5-2-6-16-35)44-21-11-12-22-45(44)49(47)32-38(36)29-40/h1-32H. The second-order valence-corrected chi connectivity index (χ2v) is 13.0. The molecule has 0 saturated carbocycles. The van der Waals surface area contributed by atoms with Crippen LogP contribution in [0.25, 0.3) is 71.0 Å². The molecule has 2 heteroatoms. The molecule has 0 fully saturated rings. The highest BCUT2D eigenvalue weighted by molar-refractivity contribution is 6.15. The summed E-state index contributed by atoms with van der Waals surface area (Å²) in [7, 11) is 0. The lowest BCUT2D eigenvalue weighted by Gasteiger charge is -2.28. The van der Waals surface area contributed by atoms with Crippen LogP contribution in [0, 0.1) is 0 Å². The summed E-state index contributed by atoms with van der Waals surface area (Å²) < 4.78 is 2.37. The average molecular weight is 637 g/mol. The number of hydrogen-bond donors (Lipinski definition) is 0. The van der Waals surface area contributed by atoms with Crippen molar-refractivity contribution in [2.24, 2.45) is 0 Å². The van der Waals surface area contributed by atoms with Crippen molar-refractivity contribution in [3.8, 4) is 22.3 Å². The van der Waals surface area contributed by atoms with Crippen molar-refractivity contribution in [3.05, 3.63) is 194 Å². The summed E-state index contributed by atoms with van der Waals surface area (Å²) in [5.74, 6) is 0. The number of nitrogens with zero attached hydrogens (tertiary/aromatic N) is 2. The Bertz CT molecular complexity index is 2850. The van der Waals surface area contributed by atoms with E-state index in [4.69, 9.17) is 0 Å². The van der Waals surface area contributed by atoms with Gasteiger partial charge in [0.15, 0.2) is 0 Å². The number of benzene rings is 8. The summed E-state index contributed by atoms with van der Waals surface area (Å²) in [5.41, 5.74) is 10.7. The van der Waals surface area contributed by atoms with Crippen molar-refractivity contribution in [3.63, 3.8) is 0 Å². The van der Waals surface area contributed by atoms with E-state index in [-0.39, 0.29) is 0 Å². The number of hydrogen-bond acceptors (Lipinski definition) is 1. The molecule has 0 saturated heterocycles. The Morgan fingerprint density at radius 1 is 0.340 bits per heavy atom. The van der Waals surface area contributed by atoms with Crippen molar-refractivity contribution in [1.82, 2.24) is 4.40 Å². The quantitative estimate of drug-likeness (QED) is 0.171. The molecule has 2 aromatic heterocycles. The van der Waals surface area contributed by atoms with Gasteiger partial charge < -0.3 is 9.30 Å². The Morgan fingerprint density at radius 3 is 1.72 bits per heavy atom. The van der Waals surface area contributed by atoms with E-state index in [9.17, 15) is 0 Å². The molecule has 0 atom stereocenters.